The van der Waals surface area contributed by atoms with Gasteiger partial charge < -0.3 is 40.3 Å². The standard InChI is InChI=1S/C57H91NO8/c1-3-5-7-9-10-11-12-13-14-15-16-17-18-19-20-21-22-23-24-25-26-27-28-29-30-31-32-33-34-35-36-37-38-39-40-41-42-43-45-47-53(61)58-50(51(60)46-44-8-6-4-2)49-65-57-56(64)55(63)54(62)52(48-59)66-57/h5,7,10-11,13-14,16-17,19-20,22-23,25-26,28-29,31-32,34-35,37-38,50-52,54-57,59-60,62-64H,3-4,6,8-9,12,15,18,21,24,27,30,33,36,39-49H2,1-2H3,(H,58,61)/b7-5-,11-10-,14-13-,17-16-,20-19-,23-22-,26-25-,29-28-,32-31-,35-34-,38-37-. The molecule has 0 radical (unpaired) electrons. The van der Waals surface area contributed by atoms with Crippen molar-refractivity contribution >= 4 is 5.91 Å². The molecule has 7 atom stereocenters. The van der Waals surface area contributed by atoms with Gasteiger partial charge in [0.2, 0.25) is 5.91 Å². The molecule has 0 spiro atoms. The third kappa shape index (κ3) is 34.6. The van der Waals surface area contributed by atoms with Gasteiger partial charge in [-0.3, -0.25) is 4.79 Å². The Kier molecular flexibility index (Phi) is 41.3. The molecule has 372 valence electrons. The van der Waals surface area contributed by atoms with E-state index in [2.05, 4.69) is 153 Å². The molecule has 1 aliphatic rings. The highest BCUT2D eigenvalue weighted by Crippen LogP contribution is 2.23. The van der Waals surface area contributed by atoms with Crippen LogP contribution in [0.4, 0.5) is 0 Å². The van der Waals surface area contributed by atoms with Crippen LogP contribution in [0, 0.1) is 0 Å². The average molecular weight is 918 g/mol. The fraction of sp³-hybridized carbons (Fsp3) is 0.596. The first-order chi connectivity index (χ1) is 32.3. The van der Waals surface area contributed by atoms with Gasteiger partial charge in [-0.05, 0) is 96.3 Å². The zero-order valence-electron chi connectivity index (χ0n) is 40.9. The van der Waals surface area contributed by atoms with E-state index in [0.717, 1.165) is 135 Å². The summed E-state index contributed by atoms with van der Waals surface area (Å²) in [5.41, 5.74) is 0. The lowest BCUT2D eigenvalue weighted by Gasteiger charge is -2.40. The van der Waals surface area contributed by atoms with Gasteiger partial charge >= 0.3 is 0 Å². The fourth-order valence-electron chi connectivity index (χ4n) is 6.99. The topological polar surface area (TPSA) is 149 Å². The van der Waals surface area contributed by atoms with E-state index in [4.69, 9.17) is 9.47 Å². The zero-order chi connectivity index (χ0) is 48.0. The monoisotopic (exact) mass is 918 g/mol. The first kappa shape index (κ1) is 60.3. The summed E-state index contributed by atoms with van der Waals surface area (Å²) in [5, 5.41) is 53.8. The number of carbonyl (C=O) groups excluding carboxylic acids is 1. The van der Waals surface area contributed by atoms with Gasteiger partial charge in [0.25, 0.3) is 0 Å². The molecule has 1 heterocycles. The van der Waals surface area contributed by atoms with Crippen molar-refractivity contribution in [1.29, 1.82) is 0 Å². The summed E-state index contributed by atoms with van der Waals surface area (Å²) < 4.78 is 11.1. The Bertz CT molecular complexity index is 1480. The second-order valence-electron chi connectivity index (χ2n) is 16.9. The Morgan fingerprint density at radius 3 is 1.38 bits per heavy atom. The van der Waals surface area contributed by atoms with Gasteiger partial charge in [0.1, 0.15) is 24.4 Å². The summed E-state index contributed by atoms with van der Waals surface area (Å²) >= 11 is 0. The van der Waals surface area contributed by atoms with E-state index in [1.165, 1.54) is 0 Å². The van der Waals surface area contributed by atoms with E-state index in [9.17, 15) is 30.3 Å². The molecule has 1 aliphatic heterocycles. The molecule has 0 aromatic carbocycles. The predicted octanol–water partition coefficient (Wildman–Crippen LogP) is 11.8. The molecule has 1 amide bonds. The van der Waals surface area contributed by atoms with Crippen molar-refractivity contribution < 1.29 is 39.8 Å². The number of aliphatic hydroxyl groups is 5. The first-order valence-electron chi connectivity index (χ1n) is 25.4. The molecule has 7 unspecified atom stereocenters. The van der Waals surface area contributed by atoms with E-state index in [1.54, 1.807) is 0 Å². The van der Waals surface area contributed by atoms with Gasteiger partial charge in [-0.2, -0.15) is 0 Å². The van der Waals surface area contributed by atoms with Crippen LogP contribution in [0.3, 0.4) is 0 Å². The van der Waals surface area contributed by atoms with Crippen LogP contribution >= 0.6 is 0 Å². The molecule has 0 aromatic heterocycles. The Morgan fingerprint density at radius 1 is 0.530 bits per heavy atom. The number of nitrogens with one attached hydrogen (secondary N) is 1. The summed E-state index contributed by atoms with van der Waals surface area (Å²) in [5.74, 6) is -0.180. The van der Waals surface area contributed by atoms with E-state index in [1.807, 2.05) is 0 Å². The molecule has 0 aliphatic carbocycles. The lowest BCUT2D eigenvalue weighted by atomic mass is 9.99. The van der Waals surface area contributed by atoms with E-state index in [0.29, 0.717) is 12.8 Å². The van der Waals surface area contributed by atoms with Crippen LogP contribution in [0.25, 0.3) is 0 Å². The molecule has 66 heavy (non-hydrogen) atoms. The number of rotatable bonds is 40. The lowest BCUT2D eigenvalue weighted by molar-refractivity contribution is -0.302. The van der Waals surface area contributed by atoms with Crippen molar-refractivity contribution in [1.82, 2.24) is 5.32 Å². The molecule has 6 N–H and O–H groups in total. The van der Waals surface area contributed by atoms with Gasteiger partial charge in [0.05, 0.1) is 25.4 Å². The number of unbranched alkanes of at least 4 members (excludes halogenated alkanes) is 8. The SMILES string of the molecule is CC/C=C\C/C=C\C/C=C\C/C=C\C/C=C\C/C=C\C/C=C\C/C=C\C/C=C\C/C=C\C/C=C\CCCCCCCC(=O)NC(COC1OC(CO)C(O)C(O)C1O)C(O)CCCCCC. The summed E-state index contributed by atoms with van der Waals surface area (Å²) in [6, 6.07) is -0.735. The second-order valence-corrected chi connectivity index (χ2v) is 16.9. The molecule has 1 fully saturated rings. The van der Waals surface area contributed by atoms with Gasteiger partial charge in [0, 0.05) is 6.42 Å². The van der Waals surface area contributed by atoms with Crippen LogP contribution in [0.15, 0.2) is 134 Å². The molecule has 0 saturated carbocycles. The number of hydrogen-bond donors (Lipinski definition) is 6. The lowest BCUT2D eigenvalue weighted by Crippen LogP contribution is -2.60. The number of amides is 1. The Morgan fingerprint density at radius 2 is 0.939 bits per heavy atom. The molecule has 9 nitrogen and oxygen atoms in total. The van der Waals surface area contributed by atoms with E-state index in [-0.39, 0.29) is 12.5 Å². The van der Waals surface area contributed by atoms with Gasteiger partial charge in [-0.25, -0.2) is 0 Å². The Hall–Kier alpha value is -3.67. The highest BCUT2D eigenvalue weighted by Gasteiger charge is 2.44. The Balaban J connectivity index is 2.09. The molecule has 1 rings (SSSR count). The van der Waals surface area contributed by atoms with Gasteiger partial charge in [-0.1, -0.05) is 192 Å². The number of hydrogen-bond acceptors (Lipinski definition) is 8. The van der Waals surface area contributed by atoms with Gasteiger partial charge in [-0.15, -0.1) is 0 Å². The van der Waals surface area contributed by atoms with Crippen LogP contribution in [0.2, 0.25) is 0 Å². The molecule has 0 aromatic rings. The van der Waals surface area contributed by atoms with Crippen molar-refractivity contribution in [2.45, 2.75) is 204 Å². The van der Waals surface area contributed by atoms with Crippen molar-refractivity contribution in [3.8, 4) is 0 Å². The minimum Gasteiger partial charge on any atom is -0.394 e. The van der Waals surface area contributed by atoms with Crippen LogP contribution in [0.5, 0.6) is 0 Å². The maximum atomic E-state index is 12.8. The van der Waals surface area contributed by atoms with Gasteiger partial charge in [0.15, 0.2) is 6.29 Å². The molecular weight excluding hydrogens is 827 g/mol. The van der Waals surface area contributed by atoms with Crippen molar-refractivity contribution in [2.24, 2.45) is 0 Å². The maximum absolute atomic E-state index is 12.8. The number of carbonyl (C=O) groups is 1. The summed E-state index contributed by atoms with van der Waals surface area (Å²) in [4.78, 5) is 12.8. The van der Waals surface area contributed by atoms with Crippen LogP contribution < -0.4 is 5.32 Å². The third-order valence-electron chi connectivity index (χ3n) is 11.0. The van der Waals surface area contributed by atoms with Crippen LogP contribution in [-0.2, 0) is 14.3 Å². The van der Waals surface area contributed by atoms with E-state index >= 15 is 0 Å². The highest BCUT2D eigenvalue weighted by atomic mass is 16.7. The number of allylic oxidation sites excluding steroid dienone is 22. The van der Waals surface area contributed by atoms with Crippen LogP contribution in [0.1, 0.15) is 162 Å². The number of ether oxygens (including phenoxy) is 2. The fourth-order valence-corrected chi connectivity index (χ4v) is 6.99. The minimum absolute atomic E-state index is 0.158. The van der Waals surface area contributed by atoms with Crippen LogP contribution in [-0.4, -0.2) is 87.5 Å². The number of aliphatic hydroxyl groups excluding tert-OH is 5. The quantitative estimate of drug-likeness (QED) is 0.0263. The van der Waals surface area contributed by atoms with Crippen molar-refractivity contribution in [2.75, 3.05) is 13.2 Å². The highest BCUT2D eigenvalue weighted by molar-refractivity contribution is 5.76. The minimum atomic E-state index is -1.56. The smallest absolute Gasteiger partial charge is 0.220 e. The summed E-state index contributed by atoms with van der Waals surface area (Å²) in [7, 11) is 0. The maximum Gasteiger partial charge on any atom is 0.220 e. The van der Waals surface area contributed by atoms with Crippen molar-refractivity contribution in [3.63, 3.8) is 0 Å². The first-order valence-corrected chi connectivity index (χ1v) is 25.4. The molecule has 9 heteroatoms. The summed E-state index contributed by atoms with van der Waals surface area (Å²) in [6.07, 6.45) is 62.7. The van der Waals surface area contributed by atoms with Crippen molar-refractivity contribution in [3.05, 3.63) is 134 Å². The summed E-state index contributed by atoms with van der Waals surface area (Å²) in [6.45, 7) is 3.55. The molecule has 1 saturated heterocycles. The predicted molar refractivity (Wildman–Crippen MR) is 276 cm³/mol. The molecular formula is C57H91NO8. The second kappa shape index (κ2) is 45.1. The Labute approximate surface area is 400 Å². The zero-order valence-corrected chi connectivity index (χ0v) is 40.9. The average Bonchev–Trinajstić information content (AvgIpc) is 3.32. The third-order valence-corrected chi connectivity index (χ3v) is 11.0. The largest absolute Gasteiger partial charge is 0.394 e. The van der Waals surface area contributed by atoms with E-state index < -0.39 is 49.5 Å². The molecule has 0 bridgehead atoms. The normalized spacial score (nSPS) is 21.0.